The molecule has 0 amide bonds. The highest BCUT2D eigenvalue weighted by molar-refractivity contribution is 9.10. The molecule has 6 nitrogen and oxygen atoms in total. The van der Waals surface area contributed by atoms with Crippen LogP contribution in [0.5, 0.6) is 11.5 Å². The first-order valence-corrected chi connectivity index (χ1v) is 9.67. The number of Topliss-reactive ketones (excluding diaryl/α,β-unsaturated/α-hetero) is 1. The van der Waals surface area contributed by atoms with E-state index in [0.717, 1.165) is 25.1 Å². The summed E-state index contributed by atoms with van der Waals surface area (Å²) in [5.74, 6) is -0.184. The molecule has 28 heavy (non-hydrogen) atoms. The van der Waals surface area contributed by atoms with Crippen molar-refractivity contribution in [2.45, 2.75) is 19.9 Å². The van der Waals surface area contributed by atoms with E-state index in [0.29, 0.717) is 15.6 Å². The van der Waals surface area contributed by atoms with Crippen molar-refractivity contribution in [3.05, 3.63) is 51.6 Å². The number of aromatic nitrogens is 1. The predicted octanol–water partition coefficient (Wildman–Crippen LogP) is 4.37. The molecule has 0 aliphatic carbocycles. The molecule has 2 aromatic carbocycles. The maximum atomic E-state index is 12.2. The third kappa shape index (κ3) is 3.21. The number of ketones is 1. The third-order valence-electron chi connectivity index (χ3n) is 5.03. The van der Waals surface area contributed by atoms with Gasteiger partial charge in [0.2, 0.25) is 0 Å². The Labute approximate surface area is 170 Å². The average Bonchev–Trinajstić information content (AvgIpc) is 3.09. The lowest BCUT2D eigenvalue weighted by molar-refractivity contribution is 0.101. The smallest absolute Gasteiger partial charge is 0.182 e. The van der Waals surface area contributed by atoms with Gasteiger partial charge in [-0.05, 0) is 52.2 Å². The van der Waals surface area contributed by atoms with Crippen molar-refractivity contribution in [1.82, 2.24) is 10.1 Å². The number of likely N-dealkylation sites (N-methyl/N-ethyl adjacent to an activating group) is 1. The van der Waals surface area contributed by atoms with Crippen molar-refractivity contribution in [1.29, 1.82) is 0 Å². The molecule has 0 fully saturated rings. The van der Waals surface area contributed by atoms with Crippen LogP contribution in [0.15, 0.2) is 39.3 Å². The lowest BCUT2D eigenvalue weighted by atomic mass is 9.92. The highest BCUT2D eigenvalue weighted by Gasteiger charge is 2.26. The summed E-state index contributed by atoms with van der Waals surface area (Å²) in [6.07, 6.45) is 0.922. The Morgan fingerprint density at radius 3 is 2.71 bits per heavy atom. The average molecular weight is 443 g/mol. The summed E-state index contributed by atoms with van der Waals surface area (Å²) >= 11 is 3.25. The van der Waals surface area contributed by atoms with Crippen LogP contribution >= 0.6 is 15.9 Å². The molecular formula is C21H19BrN2O4. The quantitative estimate of drug-likeness (QED) is 0.585. The van der Waals surface area contributed by atoms with Crippen LogP contribution in [0, 0.1) is 0 Å². The summed E-state index contributed by atoms with van der Waals surface area (Å²) in [5.41, 5.74) is 4.41. The second-order valence-electron chi connectivity index (χ2n) is 7.08. The Morgan fingerprint density at radius 2 is 1.96 bits per heavy atom. The summed E-state index contributed by atoms with van der Waals surface area (Å²) < 4.78 is 5.90. The number of carbonyl (C=O) groups excluding carboxylic acids is 1. The number of nitrogens with zero attached hydrogens (tertiary/aromatic N) is 2. The number of aromatic hydroxyl groups is 2. The molecule has 0 unspecified atom stereocenters. The van der Waals surface area contributed by atoms with E-state index in [1.54, 1.807) is 6.07 Å². The molecule has 7 heteroatoms. The van der Waals surface area contributed by atoms with Gasteiger partial charge in [-0.1, -0.05) is 23.4 Å². The largest absolute Gasteiger partial charge is 0.507 e. The van der Waals surface area contributed by atoms with Crippen LogP contribution in [0.3, 0.4) is 0 Å². The zero-order chi connectivity index (χ0) is 20.0. The lowest BCUT2D eigenvalue weighted by Crippen LogP contribution is -2.26. The normalized spacial score (nSPS) is 14.1. The Hall–Kier alpha value is -2.64. The molecule has 0 saturated carbocycles. The number of fused-ring (bicyclic) bond motifs is 1. The van der Waals surface area contributed by atoms with Gasteiger partial charge >= 0.3 is 0 Å². The molecule has 144 valence electrons. The highest BCUT2D eigenvalue weighted by atomic mass is 79.9. The molecular weight excluding hydrogens is 424 g/mol. The van der Waals surface area contributed by atoms with Gasteiger partial charge in [0.05, 0.1) is 15.6 Å². The minimum Gasteiger partial charge on any atom is -0.507 e. The second kappa shape index (κ2) is 7.07. The van der Waals surface area contributed by atoms with Crippen LogP contribution in [0.25, 0.3) is 22.5 Å². The number of rotatable bonds is 3. The van der Waals surface area contributed by atoms with Crippen LogP contribution in [0.1, 0.15) is 28.5 Å². The summed E-state index contributed by atoms with van der Waals surface area (Å²) in [7, 11) is 2.09. The van der Waals surface area contributed by atoms with Crippen LogP contribution in [-0.2, 0) is 13.0 Å². The van der Waals surface area contributed by atoms with Gasteiger partial charge < -0.3 is 19.6 Å². The molecule has 2 N–H and O–H groups in total. The molecule has 0 spiro atoms. The number of phenolic OH excluding ortho intramolecular Hbond substituents is 2. The fourth-order valence-corrected chi connectivity index (χ4v) is 3.91. The standard InChI is InChI=1S/C21H19BrN2O4/c1-11(25)20-19(13-3-4-14-10-24(2)6-5-12(14)7-13)21(28-23-20)15-8-16(22)18(27)9-17(15)26/h3-4,7-9,26-27H,5-6,10H2,1-2H3. The van der Waals surface area contributed by atoms with Gasteiger partial charge in [0.25, 0.3) is 0 Å². The molecule has 4 rings (SSSR count). The Bertz CT molecular complexity index is 1090. The van der Waals surface area contributed by atoms with Crippen LogP contribution in [0.2, 0.25) is 0 Å². The maximum absolute atomic E-state index is 12.2. The Morgan fingerprint density at radius 1 is 1.18 bits per heavy atom. The van der Waals surface area contributed by atoms with Gasteiger partial charge in [-0.25, -0.2) is 0 Å². The third-order valence-corrected chi connectivity index (χ3v) is 5.67. The molecule has 1 aliphatic heterocycles. The van der Waals surface area contributed by atoms with Crippen LogP contribution in [0.4, 0.5) is 0 Å². The van der Waals surface area contributed by atoms with Gasteiger partial charge in [0.15, 0.2) is 17.2 Å². The fourth-order valence-electron chi connectivity index (χ4n) is 3.56. The number of hydrogen-bond donors (Lipinski definition) is 2. The number of phenols is 2. The van der Waals surface area contributed by atoms with Crippen molar-refractivity contribution in [3.63, 3.8) is 0 Å². The van der Waals surface area contributed by atoms with Gasteiger partial charge in [0, 0.05) is 26.1 Å². The van der Waals surface area contributed by atoms with Gasteiger partial charge in [0.1, 0.15) is 11.5 Å². The topological polar surface area (TPSA) is 86.8 Å². The number of benzene rings is 2. The minimum atomic E-state index is -0.222. The lowest BCUT2D eigenvalue weighted by Gasteiger charge is -2.25. The number of halogens is 1. The summed E-state index contributed by atoms with van der Waals surface area (Å²) in [4.78, 5) is 14.4. The zero-order valence-corrected chi connectivity index (χ0v) is 17.1. The second-order valence-corrected chi connectivity index (χ2v) is 7.94. The molecule has 2 heterocycles. The van der Waals surface area contributed by atoms with E-state index in [1.165, 1.54) is 24.1 Å². The molecule has 0 bridgehead atoms. The first-order valence-electron chi connectivity index (χ1n) is 8.88. The van der Waals surface area contributed by atoms with E-state index >= 15 is 0 Å². The zero-order valence-electron chi connectivity index (χ0n) is 15.5. The summed E-state index contributed by atoms with van der Waals surface area (Å²) in [5, 5.41) is 24.1. The molecule has 0 atom stereocenters. The van der Waals surface area contributed by atoms with Crippen molar-refractivity contribution in [3.8, 4) is 33.9 Å². The van der Waals surface area contributed by atoms with Gasteiger partial charge in [-0.3, -0.25) is 4.79 Å². The van der Waals surface area contributed by atoms with E-state index in [2.05, 4.69) is 45.2 Å². The maximum Gasteiger partial charge on any atom is 0.182 e. The fraction of sp³-hybridized carbons (Fsp3) is 0.238. The van der Waals surface area contributed by atoms with E-state index in [-0.39, 0.29) is 28.7 Å². The van der Waals surface area contributed by atoms with Crippen molar-refractivity contribution in [2.24, 2.45) is 0 Å². The van der Waals surface area contributed by atoms with Crippen LogP contribution in [-0.4, -0.2) is 39.6 Å². The summed E-state index contributed by atoms with van der Waals surface area (Å²) in [6, 6.07) is 8.85. The Balaban J connectivity index is 1.91. The monoisotopic (exact) mass is 442 g/mol. The van der Waals surface area contributed by atoms with Crippen molar-refractivity contribution < 1.29 is 19.5 Å². The minimum absolute atomic E-state index is 0.0907. The number of carbonyl (C=O) groups is 1. The van der Waals surface area contributed by atoms with Gasteiger partial charge in [-0.2, -0.15) is 0 Å². The van der Waals surface area contributed by atoms with Crippen molar-refractivity contribution >= 4 is 21.7 Å². The van der Waals surface area contributed by atoms with E-state index in [9.17, 15) is 15.0 Å². The molecule has 3 aromatic rings. The number of hydrogen-bond acceptors (Lipinski definition) is 6. The summed E-state index contributed by atoms with van der Waals surface area (Å²) in [6.45, 7) is 3.29. The molecule has 0 radical (unpaired) electrons. The SMILES string of the molecule is CC(=O)c1noc(-c2cc(Br)c(O)cc2O)c1-c1ccc2c(c1)CCN(C)C2. The van der Waals surface area contributed by atoms with Gasteiger partial charge in [-0.15, -0.1) is 0 Å². The van der Waals surface area contributed by atoms with Crippen molar-refractivity contribution in [2.75, 3.05) is 13.6 Å². The molecule has 1 aliphatic rings. The van der Waals surface area contributed by atoms with E-state index in [1.807, 2.05) is 6.07 Å². The highest BCUT2D eigenvalue weighted by Crippen LogP contribution is 2.43. The Kier molecular flexibility index (Phi) is 4.72. The molecule has 0 saturated heterocycles. The first-order chi connectivity index (χ1) is 13.3. The van der Waals surface area contributed by atoms with Crippen LogP contribution < -0.4 is 0 Å². The predicted molar refractivity (Wildman–Crippen MR) is 108 cm³/mol. The van der Waals surface area contributed by atoms with E-state index in [4.69, 9.17) is 4.52 Å². The first kappa shape index (κ1) is 18.7. The van der Waals surface area contributed by atoms with E-state index < -0.39 is 0 Å². The molecule has 1 aromatic heterocycles.